The Morgan fingerprint density at radius 2 is 1.35 bits per heavy atom. The molecular formula is C44H29F2N9O2. The molecule has 0 unspecified atom stereocenters. The van der Waals surface area contributed by atoms with Gasteiger partial charge in [-0.1, -0.05) is 48.5 Å². The van der Waals surface area contributed by atoms with E-state index in [-0.39, 0.29) is 29.9 Å². The Hall–Kier alpha value is -7.67. The maximum absolute atomic E-state index is 15.5. The summed E-state index contributed by atoms with van der Waals surface area (Å²) in [5.74, 6) is -0.884. The average molecular weight is 754 g/mol. The Morgan fingerprint density at radius 1 is 0.632 bits per heavy atom. The minimum absolute atomic E-state index is 0.000202. The highest BCUT2D eigenvalue weighted by atomic mass is 19.1. The van der Waals surface area contributed by atoms with Crippen LogP contribution in [0.25, 0.3) is 72.1 Å². The van der Waals surface area contributed by atoms with E-state index in [2.05, 4.69) is 25.0 Å². The molecule has 0 aliphatic carbocycles. The number of aryl methyl sites for hydroxylation is 1. The largest absolute Gasteiger partial charge is 0.300 e. The van der Waals surface area contributed by atoms with E-state index in [1.54, 1.807) is 59.4 Å². The van der Waals surface area contributed by atoms with Crippen molar-refractivity contribution in [3.8, 4) is 33.6 Å². The number of hydrogen-bond donors (Lipinski definition) is 0. The van der Waals surface area contributed by atoms with Gasteiger partial charge in [-0.25, -0.2) is 28.7 Å². The molecule has 0 atom stereocenters. The second-order valence-electron chi connectivity index (χ2n) is 13.9. The Morgan fingerprint density at radius 3 is 2.16 bits per heavy atom. The fourth-order valence-electron chi connectivity index (χ4n) is 7.35. The third kappa shape index (κ3) is 5.92. The summed E-state index contributed by atoms with van der Waals surface area (Å²) in [5, 5.41) is 6.15. The van der Waals surface area contributed by atoms with Crippen LogP contribution in [-0.4, -0.2) is 43.3 Å². The van der Waals surface area contributed by atoms with Crippen LogP contribution in [0, 0.1) is 11.6 Å². The predicted molar refractivity (Wildman–Crippen MR) is 214 cm³/mol. The van der Waals surface area contributed by atoms with Gasteiger partial charge in [-0.3, -0.25) is 27.8 Å². The topological polar surface area (TPSA) is 118 Å². The van der Waals surface area contributed by atoms with Crippen molar-refractivity contribution in [1.82, 2.24) is 43.3 Å². The summed E-state index contributed by atoms with van der Waals surface area (Å²) in [6.07, 6.45) is 8.22. The van der Waals surface area contributed by atoms with Gasteiger partial charge in [0.15, 0.2) is 5.65 Å². The van der Waals surface area contributed by atoms with Crippen LogP contribution in [0.1, 0.15) is 11.1 Å². The number of benzene rings is 4. The highest BCUT2D eigenvalue weighted by Gasteiger charge is 2.15. The zero-order chi connectivity index (χ0) is 38.8. The second-order valence-corrected chi connectivity index (χ2v) is 13.9. The second kappa shape index (κ2) is 13.3. The zero-order valence-electron chi connectivity index (χ0n) is 30.2. The Labute approximate surface area is 321 Å². The molecule has 0 saturated carbocycles. The summed E-state index contributed by atoms with van der Waals surface area (Å²) in [6, 6.07) is 29.8. The third-order valence-electron chi connectivity index (χ3n) is 10.3. The predicted octanol–water partition coefficient (Wildman–Crippen LogP) is 7.41. The molecule has 276 valence electrons. The van der Waals surface area contributed by atoms with Gasteiger partial charge in [0.25, 0.3) is 11.1 Å². The lowest BCUT2D eigenvalue weighted by Gasteiger charge is -2.11. The lowest BCUT2D eigenvalue weighted by molar-refractivity contribution is 0.595. The van der Waals surface area contributed by atoms with Gasteiger partial charge in [-0.15, -0.1) is 0 Å². The number of imidazole rings is 1. The van der Waals surface area contributed by atoms with Gasteiger partial charge in [0.2, 0.25) is 0 Å². The van der Waals surface area contributed by atoms with E-state index in [1.165, 1.54) is 33.9 Å². The van der Waals surface area contributed by atoms with Crippen molar-refractivity contribution >= 4 is 38.5 Å². The standard InChI is InChI=1S/C44H29F2N9O2/c1-52-23-34-31(6-4-8-39(34)51-52)26-9-11-29(35(45)17-26)22-54-25-49-42-33(44(54)57)13-14-37(50-42)27-15-16-55-40(20-47-41(55)19-27)28-10-12-30(36(46)18-28)21-53-24-48-38-7-3-2-5-32(38)43(53)56/h2-20,23-25H,21-22H2,1H3. The number of aromatic nitrogens is 9. The van der Waals surface area contributed by atoms with E-state index in [0.717, 1.165) is 27.6 Å². The zero-order valence-corrected chi connectivity index (χ0v) is 30.2. The first-order valence-corrected chi connectivity index (χ1v) is 18.1. The quantitative estimate of drug-likeness (QED) is 0.166. The van der Waals surface area contributed by atoms with E-state index in [1.807, 2.05) is 66.3 Å². The molecule has 6 aromatic heterocycles. The smallest absolute Gasteiger partial charge is 0.263 e. The van der Waals surface area contributed by atoms with Crippen LogP contribution >= 0.6 is 0 Å². The van der Waals surface area contributed by atoms with Crippen LogP contribution < -0.4 is 11.1 Å². The highest BCUT2D eigenvalue weighted by Crippen LogP contribution is 2.30. The first-order chi connectivity index (χ1) is 27.8. The lowest BCUT2D eigenvalue weighted by atomic mass is 10.0. The Balaban J connectivity index is 0.886. The van der Waals surface area contributed by atoms with Crippen LogP contribution in [0.4, 0.5) is 8.78 Å². The minimum atomic E-state index is -0.455. The molecule has 4 aromatic carbocycles. The summed E-state index contributed by atoms with van der Waals surface area (Å²) < 4.78 is 37.3. The fraction of sp³-hybridized carbons (Fsp3) is 0.0682. The van der Waals surface area contributed by atoms with Gasteiger partial charge >= 0.3 is 0 Å². The molecule has 10 aromatic rings. The molecule has 0 bridgehead atoms. The van der Waals surface area contributed by atoms with Crippen LogP contribution in [-0.2, 0) is 20.1 Å². The molecule has 0 fully saturated rings. The molecule has 0 radical (unpaired) electrons. The van der Waals surface area contributed by atoms with Crippen LogP contribution in [0.15, 0.2) is 144 Å². The highest BCUT2D eigenvalue weighted by molar-refractivity contribution is 5.94. The first kappa shape index (κ1) is 33.9. The van der Waals surface area contributed by atoms with Gasteiger partial charge < -0.3 is 0 Å². The molecular weight excluding hydrogens is 725 g/mol. The first-order valence-electron chi connectivity index (χ1n) is 18.1. The van der Waals surface area contributed by atoms with Crippen LogP contribution in [0.3, 0.4) is 0 Å². The Bertz CT molecular complexity index is 3370. The maximum atomic E-state index is 15.5. The number of nitrogens with zero attached hydrogens (tertiary/aromatic N) is 9. The van der Waals surface area contributed by atoms with Crippen molar-refractivity contribution in [2.24, 2.45) is 7.05 Å². The van der Waals surface area contributed by atoms with Crippen molar-refractivity contribution in [2.75, 3.05) is 0 Å². The summed E-state index contributed by atoms with van der Waals surface area (Å²) in [4.78, 5) is 44.5. The molecule has 13 heteroatoms. The number of fused-ring (bicyclic) bond motifs is 4. The van der Waals surface area contributed by atoms with Crippen molar-refractivity contribution in [3.63, 3.8) is 0 Å². The SMILES string of the molecule is Cn1cc2c(-c3ccc(Cn4cnc5nc(-c6ccn7c(-c8ccc(Cn9cnc%10ccccc%10c9=O)c(F)c8)cnc7c6)ccc5c4=O)c(F)c3)cccc2n1. The molecule has 6 heterocycles. The molecule has 57 heavy (non-hydrogen) atoms. The maximum Gasteiger partial charge on any atom is 0.263 e. The van der Waals surface area contributed by atoms with Crippen molar-refractivity contribution in [1.29, 1.82) is 0 Å². The van der Waals surface area contributed by atoms with Crippen molar-refractivity contribution in [3.05, 3.63) is 178 Å². The van der Waals surface area contributed by atoms with E-state index < -0.39 is 11.6 Å². The van der Waals surface area contributed by atoms with E-state index in [0.29, 0.717) is 50.0 Å². The molecule has 0 spiro atoms. The van der Waals surface area contributed by atoms with Gasteiger partial charge in [0.1, 0.15) is 23.6 Å². The number of para-hydroxylation sites is 1. The number of hydrogen-bond acceptors (Lipinski definition) is 7. The van der Waals surface area contributed by atoms with Gasteiger partial charge in [-0.2, -0.15) is 5.10 Å². The summed E-state index contributed by atoms with van der Waals surface area (Å²) in [5.41, 5.74) is 6.62. The number of pyridine rings is 2. The third-order valence-corrected chi connectivity index (χ3v) is 10.3. The van der Waals surface area contributed by atoms with Crippen molar-refractivity contribution < 1.29 is 8.78 Å². The fourth-order valence-corrected chi connectivity index (χ4v) is 7.35. The molecule has 0 amide bonds. The van der Waals surface area contributed by atoms with Gasteiger partial charge in [-0.05, 0) is 65.7 Å². The van der Waals surface area contributed by atoms with E-state index in [4.69, 9.17) is 0 Å². The van der Waals surface area contributed by atoms with Crippen molar-refractivity contribution in [2.45, 2.75) is 13.1 Å². The molecule has 10 rings (SSSR count). The van der Waals surface area contributed by atoms with Crippen LogP contribution in [0.5, 0.6) is 0 Å². The molecule has 0 aliphatic heterocycles. The number of halogens is 2. The molecule has 11 nitrogen and oxygen atoms in total. The molecule has 0 saturated heterocycles. The summed E-state index contributed by atoms with van der Waals surface area (Å²) in [7, 11) is 1.85. The summed E-state index contributed by atoms with van der Waals surface area (Å²) >= 11 is 0. The lowest BCUT2D eigenvalue weighted by Crippen LogP contribution is -2.22. The Kier molecular flexibility index (Phi) is 7.88. The van der Waals surface area contributed by atoms with Crippen LogP contribution in [0.2, 0.25) is 0 Å². The normalized spacial score (nSPS) is 11.7. The van der Waals surface area contributed by atoms with E-state index >= 15 is 8.78 Å². The summed E-state index contributed by atoms with van der Waals surface area (Å²) in [6.45, 7) is 0.0405. The van der Waals surface area contributed by atoms with E-state index in [9.17, 15) is 9.59 Å². The number of rotatable bonds is 7. The minimum Gasteiger partial charge on any atom is -0.300 e. The molecule has 0 aliphatic rings. The van der Waals surface area contributed by atoms with Gasteiger partial charge in [0, 0.05) is 47.1 Å². The molecule has 0 N–H and O–H groups in total. The van der Waals surface area contributed by atoms with Gasteiger partial charge in [0.05, 0.1) is 58.8 Å². The monoisotopic (exact) mass is 753 g/mol. The average Bonchev–Trinajstić information content (AvgIpc) is 3.84.